The van der Waals surface area contributed by atoms with E-state index in [1.54, 1.807) is 0 Å². The Bertz CT molecular complexity index is 219. The summed E-state index contributed by atoms with van der Waals surface area (Å²) in [4.78, 5) is 11.4. The van der Waals surface area contributed by atoms with E-state index in [1.807, 2.05) is 0 Å². The first-order valence-electron chi connectivity index (χ1n) is 8.65. The Hall–Kier alpha value is -0.610. The molecule has 0 spiro atoms. The molecule has 0 unspecified atom stereocenters. The molecule has 0 heterocycles. The smallest absolute Gasteiger partial charge is 0.305 e. The number of ether oxygens (including phenoxy) is 2. The van der Waals surface area contributed by atoms with Gasteiger partial charge in [-0.05, 0) is 6.42 Å². The quantitative estimate of drug-likeness (QED) is 0.347. The molecule has 0 aromatic carbocycles. The normalized spacial score (nSPS) is 10.8. The summed E-state index contributed by atoms with van der Waals surface area (Å²) >= 11 is 0. The summed E-state index contributed by atoms with van der Waals surface area (Å²) in [6, 6.07) is 0. The fourth-order valence-electron chi connectivity index (χ4n) is 2.21. The number of esters is 1. The van der Waals surface area contributed by atoms with Crippen LogP contribution in [-0.2, 0) is 14.3 Å². The Labute approximate surface area is 130 Å². The van der Waals surface area contributed by atoms with Gasteiger partial charge in [-0.3, -0.25) is 4.79 Å². The Morgan fingerprint density at radius 1 is 0.810 bits per heavy atom. The summed E-state index contributed by atoms with van der Waals surface area (Å²) in [5.74, 6) is -0.137. The summed E-state index contributed by atoms with van der Waals surface area (Å²) in [6.45, 7) is 3.20. The number of hydrogen-bond donors (Lipinski definition) is 1. The molecular formula is C17H34O4. The zero-order valence-electron chi connectivity index (χ0n) is 13.8. The van der Waals surface area contributed by atoms with Gasteiger partial charge in [0.15, 0.2) is 0 Å². The van der Waals surface area contributed by atoms with E-state index in [4.69, 9.17) is 14.6 Å². The highest BCUT2D eigenvalue weighted by atomic mass is 16.6. The Morgan fingerprint density at radius 2 is 1.38 bits per heavy atom. The first-order chi connectivity index (χ1) is 10.3. The average molecular weight is 302 g/mol. The Balaban J connectivity index is 3.11. The SMILES string of the molecule is CCCCCCCCCCCCC(=O)OCCOCCO. The van der Waals surface area contributed by atoms with Crippen molar-refractivity contribution in [3.05, 3.63) is 0 Å². The van der Waals surface area contributed by atoms with Crippen molar-refractivity contribution in [2.75, 3.05) is 26.4 Å². The van der Waals surface area contributed by atoms with Crippen LogP contribution >= 0.6 is 0 Å². The van der Waals surface area contributed by atoms with E-state index in [9.17, 15) is 4.79 Å². The van der Waals surface area contributed by atoms with Gasteiger partial charge in [-0.15, -0.1) is 0 Å². The average Bonchev–Trinajstić information content (AvgIpc) is 2.49. The monoisotopic (exact) mass is 302 g/mol. The fourth-order valence-corrected chi connectivity index (χ4v) is 2.21. The second kappa shape index (κ2) is 17.4. The third-order valence-electron chi connectivity index (χ3n) is 3.46. The standard InChI is InChI=1S/C17H34O4/c1-2-3-4-5-6-7-8-9-10-11-12-17(19)21-16-15-20-14-13-18/h18H,2-16H2,1H3. The van der Waals surface area contributed by atoms with Gasteiger partial charge in [-0.1, -0.05) is 64.7 Å². The molecule has 0 rings (SSSR count). The van der Waals surface area contributed by atoms with Crippen LogP contribution in [0.5, 0.6) is 0 Å². The second-order valence-corrected chi connectivity index (χ2v) is 5.49. The highest BCUT2D eigenvalue weighted by Gasteiger charge is 2.02. The molecule has 0 radical (unpaired) electrons. The number of aliphatic hydroxyl groups is 1. The van der Waals surface area contributed by atoms with Crippen molar-refractivity contribution < 1.29 is 19.4 Å². The molecule has 21 heavy (non-hydrogen) atoms. The first kappa shape index (κ1) is 20.4. The number of unbranched alkanes of at least 4 members (excludes halogenated alkanes) is 9. The summed E-state index contributed by atoms with van der Waals surface area (Å²) in [5.41, 5.74) is 0. The highest BCUT2D eigenvalue weighted by Crippen LogP contribution is 2.11. The minimum absolute atomic E-state index is 0.00650. The van der Waals surface area contributed by atoms with Crippen LogP contribution in [0.2, 0.25) is 0 Å². The number of hydrogen-bond acceptors (Lipinski definition) is 4. The lowest BCUT2D eigenvalue weighted by Crippen LogP contribution is -2.11. The Kier molecular flexibility index (Phi) is 16.9. The van der Waals surface area contributed by atoms with E-state index < -0.39 is 0 Å². The summed E-state index contributed by atoms with van der Waals surface area (Å²) < 4.78 is 10.0. The summed E-state index contributed by atoms with van der Waals surface area (Å²) in [6.07, 6.45) is 13.2. The number of aliphatic hydroxyl groups excluding tert-OH is 1. The molecule has 4 nitrogen and oxygen atoms in total. The van der Waals surface area contributed by atoms with Crippen molar-refractivity contribution in [3.8, 4) is 0 Å². The topological polar surface area (TPSA) is 55.8 Å². The molecule has 0 aliphatic carbocycles. The van der Waals surface area contributed by atoms with Gasteiger partial charge in [-0.25, -0.2) is 0 Å². The van der Waals surface area contributed by atoms with Crippen molar-refractivity contribution in [1.82, 2.24) is 0 Å². The number of carbonyl (C=O) groups is 1. The third-order valence-corrected chi connectivity index (χ3v) is 3.46. The summed E-state index contributed by atoms with van der Waals surface area (Å²) in [7, 11) is 0. The van der Waals surface area contributed by atoms with Gasteiger partial charge in [0, 0.05) is 6.42 Å². The molecule has 0 bridgehead atoms. The van der Waals surface area contributed by atoms with E-state index in [0.29, 0.717) is 19.6 Å². The van der Waals surface area contributed by atoms with Crippen LogP contribution < -0.4 is 0 Å². The van der Waals surface area contributed by atoms with Gasteiger partial charge in [0.05, 0.1) is 19.8 Å². The van der Waals surface area contributed by atoms with Crippen molar-refractivity contribution in [2.45, 2.75) is 77.6 Å². The van der Waals surface area contributed by atoms with Crippen LogP contribution in [0.15, 0.2) is 0 Å². The van der Waals surface area contributed by atoms with E-state index in [0.717, 1.165) is 12.8 Å². The van der Waals surface area contributed by atoms with Gasteiger partial charge >= 0.3 is 5.97 Å². The molecule has 126 valence electrons. The molecular weight excluding hydrogens is 268 g/mol. The minimum Gasteiger partial charge on any atom is -0.463 e. The van der Waals surface area contributed by atoms with Crippen LogP contribution in [0.4, 0.5) is 0 Å². The molecule has 0 atom stereocenters. The van der Waals surface area contributed by atoms with E-state index in [-0.39, 0.29) is 19.2 Å². The predicted molar refractivity (Wildman–Crippen MR) is 85.3 cm³/mol. The predicted octanol–water partition coefficient (Wildman–Crippen LogP) is 3.85. The van der Waals surface area contributed by atoms with Gasteiger partial charge in [-0.2, -0.15) is 0 Å². The molecule has 0 aromatic rings. The van der Waals surface area contributed by atoms with Gasteiger partial charge in [0.1, 0.15) is 6.61 Å². The number of carbonyl (C=O) groups excluding carboxylic acids is 1. The van der Waals surface area contributed by atoms with Gasteiger partial charge in [0.25, 0.3) is 0 Å². The van der Waals surface area contributed by atoms with E-state index in [2.05, 4.69) is 6.92 Å². The Morgan fingerprint density at radius 3 is 1.95 bits per heavy atom. The molecule has 0 saturated heterocycles. The fraction of sp³-hybridized carbons (Fsp3) is 0.941. The zero-order chi connectivity index (χ0) is 15.6. The minimum atomic E-state index is -0.137. The maximum absolute atomic E-state index is 11.4. The van der Waals surface area contributed by atoms with E-state index in [1.165, 1.54) is 51.4 Å². The van der Waals surface area contributed by atoms with Gasteiger partial charge < -0.3 is 14.6 Å². The second-order valence-electron chi connectivity index (χ2n) is 5.49. The van der Waals surface area contributed by atoms with E-state index >= 15 is 0 Å². The largest absolute Gasteiger partial charge is 0.463 e. The van der Waals surface area contributed by atoms with Crippen molar-refractivity contribution >= 4 is 5.97 Å². The third kappa shape index (κ3) is 17.3. The first-order valence-corrected chi connectivity index (χ1v) is 8.65. The maximum Gasteiger partial charge on any atom is 0.305 e. The van der Waals surface area contributed by atoms with Crippen molar-refractivity contribution in [1.29, 1.82) is 0 Å². The maximum atomic E-state index is 11.4. The van der Waals surface area contributed by atoms with Crippen LogP contribution in [0.25, 0.3) is 0 Å². The van der Waals surface area contributed by atoms with Crippen LogP contribution in [0.3, 0.4) is 0 Å². The molecule has 0 aromatic heterocycles. The van der Waals surface area contributed by atoms with Crippen LogP contribution in [0, 0.1) is 0 Å². The van der Waals surface area contributed by atoms with Crippen LogP contribution in [-0.4, -0.2) is 37.5 Å². The van der Waals surface area contributed by atoms with Crippen molar-refractivity contribution in [2.24, 2.45) is 0 Å². The molecule has 0 saturated carbocycles. The van der Waals surface area contributed by atoms with Gasteiger partial charge in [0.2, 0.25) is 0 Å². The highest BCUT2D eigenvalue weighted by molar-refractivity contribution is 5.69. The molecule has 0 amide bonds. The lowest BCUT2D eigenvalue weighted by atomic mass is 10.1. The molecule has 0 aliphatic heterocycles. The lowest BCUT2D eigenvalue weighted by molar-refractivity contribution is -0.145. The molecule has 1 N–H and O–H groups in total. The zero-order valence-corrected chi connectivity index (χ0v) is 13.8. The number of rotatable bonds is 16. The molecule has 4 heteroatoms. The lowest BCUT2D eigenvalue weighted by Gasteiger charge is -2.05. The molecule has 0 fully saturated rings. The summed E-state index contributed by atoms with van der Waals surface area (Å²) in [5, 5.41) is 8.50. The van der Waals surface area contributed by atoms with Crippen molar-refractivity contribution in [3.63, 3.8) is 0 Å². The molecule has 0 aliphatic rings. The van der Waals surface area contributed by atoms with Crippen LogP contribution in [0.1, 0.15) is 77.6 Å².